The summed E-state index contributed by atoms with van der Waals surface area (Å²) in [4.78, 5) is 17.8. The molecule has 17 heavy (non-hydrogen) atoms. The van der Waals surface area contributed by atoms with Crippen LogP contribution in [0.5, 0.6) is 0 Å². The summed E-state index contributed by atoms with van der Waals surface area (Å²) >= 11 is 2.00. The number of amides is 1. The second-order valence-electron chi connectivity index (χ2n) is 4.99. The highest BCUT2D eigenvalue weighted by molar-refractivity contribution is 14.1. The van der Waals surface area contributed by atoms with Gasteiger partial charge in [0.05, 0.1) is 11.6 Å². The Bertz CT molecular complexity index is 476. The first-order valence-corrected chi connectivity index (χ1v) is 6.49. The van der Waals surface area contributed by atoms with Gasteiger partial charge in [0, 0.05) is 22.4 Å². The molecule has 1 aliphatic heterocycles. The monoisotopic (exact) mass is 348 g/mol. The average Bonchev–Trinajstić information content (AvgIpc) is 2.42. The fraction of sp³-hybridized carbons (Fsp3) is 0.500. The number of halogens is 2. The fourth-order valence-electron chi connectivity index (χ4n) is 2.15. The topological polar surface area (TPSA) is 33.2 Å². The molecule has 2 heterocycles. The number of aromatic nitrogens is 1. The van der Waals surface area contributed by atoms with Gasteiger partial charge in [-0.15, -0.1) is 0 Å². The van der Waals surface area contributed by atoms with Crippen LogP contribution in [0.15, 0.2) is 12.3 Å². The normalized spacial score (nSPS) is 23.2. The molecule has 1 aromatic heterocycles. The van der Waals surface area contributed by atoms with E-state index in [2.05, 4.69) is 4.98 Å². The quantitative estimate of drug-likeness (QED) is 0.731. The number of carbonyl (C=O) groups is 1. The molecule has 0 unspecified atom stereocenters. The molecule has 1 atom stereocenters. The minimum absolute atomic E-state index is 0.0531. The lowest BCUT2D eigenvalue weighted by Gasteiger charge is -2.26. The van der Waals surface area contributed by atoms with Crippen molar-refractivity contribution in [2.45, 2.75) is 31.7 Å². The molecule has 1 aromatic rings. The minimum Gasteiger partial charge on any atom is -0.340 e. The summed E-state index contributed by atoms with van der Waals surface area (Å²) in [5.41, 5.74) is 0.0339. The smallest absolute Gasteiger partial charge is 0.232 e. The molecule has 3 nitrogen and oxygen atoms in total. The van der Waals surface area contributed by atoms with E-state index in [1.165, 1.54) is 6.07 Å². The largest absolute Gasteiger partial charge is 0.340 e. The second kappa shape index (κ2) is 4.19. The molecule has 0 bridgehead atoms. The van der Waals surface area contributed by atoms with Crippen LogP contribution in [0.1, 0.15) is 31.9 Å². The number of carbonyl (C=O) groups excluding carboxylic acids is 1. The Hall–Kier alpha value is -0.720. The maximum atomic E-state index is 13.8. The minimum atomic E-state index is -0.452. The van der Waals surface area contributed by atoms with Crippen molar-refractivity contribution >= 4 is 28.5 Å². The lowest BCUT2D eigenvalue weighted by molar-refractivity contribution is -0.130. The summed E-state index contributed by atoms with van der Waals surface area (Å²) < 4.78 is 14.6. The Morgan fingerprint density at radius 1 is 1.59 bits per heavy atom. The van der Waals surface area contributed by atoms with Gasteiger partial charge in [0.1, 0.15) is 5.82 Å². The van der Waals surface area contributed by atoms with E-state index in [0.29, 0.717) is 6.42 Å². The van der Waals surface area contributed by atoms with Gasteiger partial charge in [-0.3, -0.25) is 9.78 Å². The molecule has 0 N–H and O–H groups in total. The van der Waals surface area contributed by atoms with Crippen LogP contribution in [0.3, 0.4) is 0 Å². The summed E-state index contributed by atoms with van der Waals surface area (Å²) in [6.45, 7) is 3.96. The van der Waals surface area contributed by atoms with Crippen molar-refractivity contribution < 1.29 is 9.18 Å². The number of rotatable bonds is 1. The first-order valence-electron chi connectivity index (χ1n) is 5.41. The summed E-state index contributed by atoms with van der Waals surface area (Å²) in [5, 5.41) is 0. The molecule has 2 rings (SSSR count). The van der Waals surface area contributed by atoms with Gasteiger partial charge in [-0.25, -0.2) is 4.39 Å². The molecule has 0 radical (unpaired) electrons. The van der Waals surface area contributed by atoms with Crippen molar-refractivity contribution in [3.8, 4) is 0 Å². The van der Waals surface area contributed by atoms with Crippen molar-refractivity contribution in [2.75, 3.05) is 7.05 Å². The van der Waals surface area contributed by atoms with E-state index in [0.717, 1.165) is 3.57 Å². The predicted octanol–water partition coefficient (Wildman–Crippen LogP) is 2.55. The summed E-state index contributed by atoms with van der Waals surface area (Å²) in [5.74, 6) is -0.893. The molecule has 0 spiro atoms. The Balaban J connectivity index is 2.39. The van der Waals surface area contributed by atoms with Crippen molar-refractivity contribution in [1.29, 1.82) is 0 Å². The molecule has 1 amide bonds. The highest BCUT2D eigenvalue weighted by atomic mass is 127. The van der Waals surface area contributed by atoms with Gasteiger partial charge in [0.15, 0.2) is 0 Å². The molecule has 5 heteroatoms. The van der Waals surface area contributed by atoms with Crippen LogP contribution in [-0.2, 0) is 4.79 Å². The molecule has 1 saturated heterocycles. The molecule has 1 aliphatic rings. The fourth-order valence-corrected chi connectivity index (χ4v) is 2.56. The van der Waals surface area contributed by atoms with Crippen molar-refractivity contribution in [3.63, 3.8) is 0 Å². The van der Waals surface area contributed by atoms with Crippen LogP contribution in [0, 0.1) is 9.39 Å². The van der Waals surface area contributed by atoms with Gasteiger partial charge in [-0.05, 0) is 48.9 Å². The third kappa shape index (κ3) is 2.17. The molecule has 1 fully saturated rings. The van der Waals surface area contributed by atoms with E-state index < -0.39 is 5.92 Å². The van der Waals surface area contributed by atoms with E-state index in [-0.39, 0.29) is 23.0 Å². The SMILES string of the molecule is CN1C(=O)[C@H](c2ncc(I)cc2F)CC1(C)C. The molecular weight excluding hydrogens is 334 g/mol. The average molecular weight is 348 g/mol. The zero-order valence-corrected chi connectivity index (χ0v) is 12.2. The van der Waals surface area contributed by atoms with Crippen molar-refractivity contribution in [1.82, 2.24) is 9.88 Å². The van der Waals surface area contributed by atoms with E-state index in [1.807, 2.05) is 36.4 Å². The second-order valence-corrected chi connectivity index (χ2v) is 6.23. The third-order valence-corrected chi connectivity index (χ3v) is 4.00. The highest BCUT2D eigenvalue weighted by Crippen LogP contribution is 2.38. The number of likely N-dealkylation sites (N-methyl/N-ethyl adjacent to an activating group) is 1. The maximum absolute atomic E-state index is 13.8. The van der Waals surface area contributed by atoms with Crippen LogP contribution in [0.4, 0.5) is 4.39 Å². The standard InChI is InChI=1S/C12H14FIN2O/c1-12(2)5-8(11(17)16(12)3)10-9(13)4-7(14)6-15-10/h4,6,8H,5H2,1-3H3/t8-/m0/s1. The van der Waals surface area contributed by atoms with Gasteiger partial charge >= 0.3 is 0 Å². The van der Waals surface area contributed by atoms with E-state index in [4.69, 9.17) is 0 Å². The first-order chi connectivity index (χ1) is 7.83. The zero-order chi connectivity index (χ0) is 12.8. The van der Waals surface area contributed by atoms with Gasteiger partial charge < -0.3 is 4.90 Å². The van der Waals surface area contributed by atoms with Crippen LogP contribution < -0.4 is 0 Å². The highest BCUT2D eigenvalue weighted by Gasteiger charge is 2.44. The number of likely N-dealkylation sites (tertiary alicyclic amines) is 1. The first kappa shape index (κ1) is 12.7. The van der Waals surface area contributed by atoms with Gasteiger partial charge in [0.25, 0.3) is 0 Å². The number of hydrogen-bond acceptors (Lipinski definition) is 2. The lowest BCUT2D eigenvalue weighted by Crippen LogP contribution is -2.37. The molecule has 0 aromatic carbocycles. The lowest BCUT2D eigenvalue weighted by atomic mass is 9.93. The van der Waals surface area contributed by atoms with Crippen molar-refractivity contribution in [2.24, 2.45) is 0 Å². The summed E-state index contributed by atoms with van der Waals surface area (Å²) in [7, 11) is 1.76. The number of nitrogens with zero attached hydrogens (tertiary/aromatic N) is 2. The van der Waals surface area contributed by atoms with E-state index in [9.17, 15) is 9.18 Å². The molecule has 92 valence electrons. The number of hydrogen-bond donors (Lipinski definition) is 0. The van der Waals surface area contributed by atoms with Crippen LogP contribution >= 0.6 is 22.6 Å². The molecule has 0 saturated carbocycles. The van der Waals surface area contributed by atoms with Gasteiger partial charge in [-0.1, -0.05) is 0 Å². The zero-order valence-electron chi connectivity index (χ0n) is 10.00. The Morgan fingerprint density at radius 2 is 2.24 bits per heavy atom. The Labute approximate surface area is 114 Å². The maximum Gasteiger partial charge on any atom is 0.232 e. The van der Waals surface area contributed by atoms with Crippen LogP contribution in [0.2, 0.25) is 0 Å². The molecular formula is C12H14FIN2O. The van der Waals surface area contributed by atoms with Gasteiger partial charge in [0.2, 0.25) is 5.91 Å². The van der Waals surface area contributed by atoms with E-state index in [1.54, 1.807) is 18.1 Å². The summed E-state index contributed by atoms with van der Waals surface area (Å²) in [6, 6.07) is 1.42. The van der Waals surface area contributed by atoms with Gasteiger partial charge in [-0.2, -0.15) is 0 Å². The van der Waals surface area contributed by atoms with E-state index >= 15 is 0 Å². The molecule has 0 aliphatic carbocycles. The van der Waals surface area contributed by atoms with Crippen LogP contribution in [0.25, 0.3) is 0 Å². The van der Waals surface area contributed by atoms with Crippen molar-refractivity contribution in [3.05, 3.63) is 27.3 Å². The predicted molar refractivity (Wildman–Crippen MR) is 71.1 cm³/mol. The Morgan fingerprint density at radius 3 is 2.71 bits per heavy atom. The van der Waals surface area contributed by atoms with Crippen LogP contribution in [-0.4, -0.2) is 28.4 Å². The summed E-state index contributed by atoms with van der Waals surface area (Å²) in [6.07, 6.45) is 2.20. The number of pyridine rings is 1. The Kier molecular flexibility index (Phi) is 3.14. The third-order valence-electron chi connectivity index (χ3n) is 3.41.